The van der Waals surface area contributed by atoms with Gasteiger partial charge in [0.15, 0.2) is 0 Å². The molecule has 37 heavy (non-hydrogen) atoms. The van der Waals surface area contributed by atoms with Gasteiger partial charge in [-0.1, -0.05) is 188 Å². The third kappa shape index (κ3) is 14.8. The van der Waals surface area contributed by atoms with Gasteiger partial charge in [0.2, 0.25) is 0 Å². The second-order valence-corrected chi connectivity index (χ2v) is 13.5. The Balaban J connectivity index is 2.85. The zero-order valence-corrected chi connectivity index (χ0v) is 26.9. The average molecular weight is 519 g/mol. The molecular weight excluding hydrogens is 444 g/mol. The van der Waals surface area contributed by atoms with Crippen LogP contribution in [0.2, 0.25) is 0 Å². The highest BCUT2D eigenvalue weighted by Crippen LogP contribution is 2.63. The first-order valence-electron chi connectivity index (χ1n) is 18.2. The van der Waals surface area contributed by atoms with Crippen LogP contribution in [-0.2, 0) is 0 Å². The summed E-state index contributed by atoms with van der Waals surface area (Å²) >= 11 is 0. The van der Waals surface area contributed by atoms with E-state index in [0.717, 1.165) is 0 Å². The molecule has 0 atom stereocenters. The van der Waals surface area contributed by atoms with Crippen LogP contribution in [0.4, 0.5) is 0 Å². The molecule has 0 spiro atoms. The summed E-state index contributed by atoms with van der Waals surface area (Å²) in [4.78, 5) is 0. The molecule has 0 aromatic rings. The SMILES string of the molecule is CCCCCCCCC1(CCCCCCCC)CCCC1(CCCCCCCC)CCCCCCCC. The highest BCUT2D eigenvalue weighted by Gasteiger charge is 2.52. The minimum Gasteiger partial charge on any atom is -0.0654 e. The summed E-state index contributed by atoms with van der Waals surface area (Å²) < 4.78 is 0. The molecule has 0 radical (unpaired) electrons. The Morgan fingerprint density at radius 3 is 0.757 bits per heavy atom. The van der Waals surface area contributed by atoms with Crippen LogP contribution in [0.3, 0.4) is 0 Å². The van der Waals surface area contributed by atoms with Crippen LogP contribution in [0.15, 0.2) is 0 Å². The Morgan fingerprint density at radius 2 is 0.514 bits per heavy atom. The van der Waals surface area contributed by atoms with Crippen molar-refractivity contribution in [1.29, 1.82) is 0 Å². The van der Waals surface area contributed by atoms with E-state index in [1.807, 2.05) is 0 Å². The predicted molar refractivity (Wildman–Crippen MR) is 171 cm³/mol. The maximum Gasteiger partial charge on any atom is -0.0241 e. The Hall–Kier alpha value is 0. The Morgan fingerprint density at radius 1 is 0.297 bits per heavy atom. The molecule has 0 aromatic heterocycles. The smallest absolute Gasteiger partial charge is 0.0241 e. The first-order chi connectivity index (χ1) is 18.2. The molecule has 0 N–H and O–H groups in total. The summed E-state index contributed by atoms with van der Waals surface area (Å²) in [6, 6.07) is 0. The Kier molecular flexibility index (Phi) is 22.6. The number of unbranched alkanes of at least 4 members (excludes halogenated alkanes) is 20. The lowest BCUT2D eigenvalue weighted by molar-refractivity contribution is 0.0208. The van der Waals surface area contributed by atoms with Gasteiger partial charge in [0.25, 0.3) is 0 Å². The van der Waals surface area contributed by atoms with Crippen molar-refractivity contribution in [3.8, 4) is 0 Å². The molecule has 1 fully saturated rings. The van der Waals surface area contributed by atoms with Crippen molar-refractivity contribution >= 4 is 0 Å². The van der Waals surface area contributed by atoms with Gasteiger partial charge in [-0.2, -0.15) is 0 Å². The summed E-state index contributed by atoms with van der Waals surface area (Å²) in [7, 11) is 0. The monoisotopic (exact) mass is 519 g/mol. The number of hydrogen-bond acceptors (Lipinski definition) is 0. The summed E-state index contributed by atoms with van der Waals surface area (Å²) in [5.41, 5.74) is 1.38. The maximum atomic E-state index is 2.35. The molecule has 0 bridgehead atoms. The van der Waals surface area contributed by atoms with Crippen molar-refractivity contribution in [3.05, 3.63) is 0 Å². The molecule has 0 heteroatoms. The van der Waals surface area contributed by atoms with Crippen LogP contribution in [0.25, 0.3) is 0 Å². The molecule has 0 nitrogen and oxygen atoms in total. The molecule has 0 heterocycles. The van der Waals surface area contributed by atoms with E-state index in [9.17, 15) is 0 Å². The third-order valence-electron chi connectivity index (χ3n) is 10.5. The standard InChI is InChI=1S/C37H74/c1-5-9-13-17-21-25-30-36(31-26-22-18-14-10-6-2)34-29-35-37(36,32-27-23-19-15-11-7-3)33-28-24-20-16-12-8-4/h5-35H2,1-4H3. The van der Waals surface area contributed by atoms with Gasteiger partial charge in [-0.25, -0.2) is 0 Å². The van der Waals surface area contributed by atoms with Gasteiger partial charge in [-0.05, 0) is 49.4 Å². The number of rotatable bonds is 28. The van der Waals surface area contributed by atoms with E-state index in [0.29, 0.717) is 10.8 Å². The second-order valence-electron chi connectivity index (χ2n) is 13.5. The van der Waals surface area contributed by atoms with E-state index in [1.165, 1.54) is 161 Å². The molecule has 0 aliphatic heterocycles. The van der Waals surface area contributed by atoms with Crippen molar-refractivity contribution in [2.45, 2.75) is 227 Å². The maximum absolute atomic E-state index is 2.35. The third-order valence-corrected chi connectivity index (χ3v) is 10.5. The summed E-state index contributed by atoms with van der Waals surface area (Å²) in [6.45, 7) is 9.42. The molecule has 1 saturated carbocycles. The number of hydrogen-bond donors (Lipinski definition) is 0. The lowest BCUT2D eigenvalue weighted by Crippen LogP contribution is -2.38. The minimum absolute atomic E-state index is 0.690. The molecule has 1 aliphatic rings. The van der Waals surface area contributed by atoms with Crippen molar-refractivity contribution in [3.63, 3.8) is 0 Å². The van der Waals surface area contributed by atoms with E-state index in [-0.39, 0.29) is 0 Å². The van der Waals surface area contributed by atoms with Crippen LogP contribution < -0.4 is 0 Å². The van der Waals surface area contributed by atoms with Gasteiger partial charge in [0.05, 0.1) is 0 Å². The van der Waals surface area contributed by atoms with Gasteiger partial charge in [0.1, 0.15) is 0 Å². The highest BCUT2D eigenvalue weighted by molar-refractivity contribution is 5.02. The molecule has 0 aromatic carbocycles. The average Bonchev–Trinajstić information content (AvgIpc) is 3.25. The molecule has 1 aliphatic carbocycles. The fourth-order valence-corrected chi connectivity index (χ4v) is 8.08. The summed E-state index contributed by atoms with van der Waals surface area (Å²) in [5.74, 6) is 0. The van der Waals surface area contributed by atoms with Gasteiger partial charge in [-0.3, -0.25) is 0 Å². The summed E-state index contributed by atoms with van der Waals surface area (Å²) in [6.07, 6.45) is 46.2. The zero-order valence-electron chi connectivity index (χ0n) is 26.9. The van der Waals surface area contributed by atoms with Crippen LogP contribution in [0.5, 0.6) is 0 Å². The summed E-state index contributed by atoms with van der Waals surface area (Å²) in [5, 5.41) is 0. The van der Waals surface area contributed by atoms with E-state index in [2.05, 4.69) is 27.7 Å². The largest absolute Gasteiger partial charge is 0.0654 e. The molecule has 0 saturated heterocycles. The quantitative estimate of drug-likeness (QED) is 0.0903. The Bertz CT molecular complexity index is 389. The van der Waals surface area contributed by atoms with Gasteiger partial charge < -0.3 is 0 Å². The van der Waals surface area contributed by atoms with Crippen LogP contribution in [0, 0.1) is 10.8 Å². The van der Waals surface area contributed by atoms with Crippen LogP contribution in [-0.4, -0.2) is 0 Å². The molecule has 0 amide bonds. The van der Waals surface area contributed by atoms with Gasteiger partial charge >= 0.3 is 0 Å². The van der Waals surface area contributed by atoms with Crippen LogP contribution >= 0.6 is 0 Å². The van der Waals surface area contributed by atoms with Crippen molar-refractivity contribution in [2.24, 2.45) is 10.8 Å². The highest BCUT2D eigenvalue weighted by atomic mass is 14.6. The zero-order chi connectivity index (χ0) is 26.9. The van der Waals surface area contributed by atoms with Gasteiger partial charge in [0, 0.05) is 0 Å². The van der Waals surface area contributed by atoms with E-state index in [4.69, 9.17) is 0 Å². The molecule has 1 rings (SSSR count). The predicted octanol–water partition coefficient (Wildman–Crippen LogP) is 14.1. The normalized spacial score (nSPS) is 16.5. The topological polar surface area (TPSA) is 0 Å². The van der Waals surface area contributed by atoms with E-state index in [1.54, 1.807) is 38.5 Å². The lowest BCUT2D eigenvalue weighted by atomic mass is 9.57. The van der Waals surface area contributed by atoms with Crippen molar-refractivity contribution in [1.82, 2.24) is 0 Å². The van der Waals surface area contributed by atoms with Gasteiger partial charge in [-0.15, -0.1) is 0 Å². The fraction of sp³-hybridized carbons (Fsp3) is 1.00. The minimum atomic E-state index is 0.690. The molecule has 0 unspecified atom stereocenters. The van der Waals surface area contributed by atoms with Crippen LogP contribution in [0.1, 0.15) is 227 Å². The Labute approximate surface area is 237 Å². The lowest BCUT2D eigenvalue weighted by Gasteiger charge is -2.48. The first kappa shape index (κ1) is 35.0. The van der Waals surface area contributed by atoms with Crippen molar-refractivity contribution < 1.29 is 0 Å². The molecular formula is C37H74. The first-order valence-corrected chi connectivity index (χ1v) is 18.2. The fourth-order valence-electron chi connectivity index (χ4n) is 8.08. The second kappa shape index (κ2) is 23.9. The van der Waals surface area contributed by atoms with Crippen molar-refractivity contribution in [2.75, 3.05) is 0 Å². The van der Waals surface area contributed by atoms with E-state index >= 15 is 0 Å². The van der Waals surface area contributed by atoms with E-state index < -0.39 is 0 Å². The molecule has 222 valence electrons.